The highest BCUT2D eigenvalue weighted by molar-refractivity contribution is 5.92. The zero-order valence-corrected chi connectivity index (χ0v) is 15.9. The SMILES string of the molecule is Cn1c(=O)n(CCC(=O)OCC(=O)Nc2ccc(C(F)(F)F)cc2)c2ccccc21. The summed E-state index contributed by atoms with van der Waals surface area (Å²) in [5.41, 5.74) is 0.440. The monoisotopic (exact) mass is 421 g/mol. The number of carbonyl (C=O) groups excluding carboxylic acids is 2. The molecular weight excluding hydrogens is 403 g/mol. The van der Waals surface area contributed by atoms with E-state index in [1.54, 1.807) is 31.3 Å². The molecule has 30 heavy (non-hydrogen) atoms. The van der Waals surface area contributed by atoms with Crippen LogP contribution in [-0.4, -0.2) is 27.6 Å². The molecule has 0 fully saturated rings. The van der Waals surface area contributed by atoms with E-state index in [4.69, 9.17) is 4.74 Å². The molecule has 0 saturated carbocycles. The quantitative estimate of drug-likeness (QED) is 0.621. The number of alkyl halides is 3. The summed E-state index contributed by atoms with van der Waals surface area (Å²) in [6, 6.07) is 11.0. The largest absolute Gasteiger partial charge is 0.456 e. The number of anilines is 1. The van der Waals surface area contributed by atoms with Crippen LogP contribution in [0.5, 0.6) is 0 Å². The Morgan fingerprint density at radius 2 is 1.67 bits per heavy atom. The zero-order valence-electron chi connectivity index (χ0n) is 15.9. The van der Waals surface area contributed by atoms with Crippen LogP contribution in [0.1, 0.15) is 12.0 Å². The predicted octanol–water partition coefficient (Wildman–Crippen LogP) is 2.93. The highest BCUT2D eigenvalue weighted by atomic mass is 19.4. The van der Waals surface area contributed by atoms with E-state index < -0.39 is 30.2 Å². The average molecular weight is 421 g/mol. The molecule has 0 saturated heterocycles. The maximum absolute atomic E-state index is 12.5. The first-order chi connectivity index (χ1) is 14.2. The number of para-hydroxylation sites is 2. The van der Waals surface area contributed by atoms with Crippen molar-refractivity contribution >= 4 is 28.6 Å². The van der Waals surface area contributed by atoms with Gasteiger partial charge in [0.25, 0.3) is 5.91 Å². The molecule has 2 aromatic carbocycles. The van der Waals surface area contributed by atoms with Crippen molar-refractivity contribution in [3.8, 4) is 0 Å². The normalized spacial score (nSPS) is 11.5. The third-order valence-corrected chi connectivity index (χ3v) is 4.45. The topological polar surface area (TPSA) is 82.3 Å². The summed E-state index contributed by atoms with van der Waals surface area (Å²) >= 11 is 0. The van der Waals surface area contributed by atoms with Crippen LogP contribution in [0, 0.1) is 0 Å². The van der Waals surface area contributed by atoms with Gasteiger partial charge in [0.15, 0.2) is 6.61 Å². The molecule has 0 atom stereocenters. The molecular formula is C20H18F3N3O4. The number of imidazole rings is 1. The van der Waals surface area contributed by atoms with Crippen LogP contribution in [0.3, 0.4) is 0 Å². The van der Waals surface area contributed by atoms with Gasteiger partial charge in [0.1, 0.15) is 0 Å². The number of esters is 1. The van der Waals surface area contributed by atoms with Crippen molar-refractivity contribution in [3.05, 3.63) is 64.6 Å². The summed E-state index contributed by atoms with van der Waals surface area (Å²) in [6.45, 7) is -0.510. The summed E-state index contributed by atoms with van der Waals surface area (Å²) in [5.74, 6) is -1.37. The molecule has 10 heteroatoms. The molecule has 0 unspecified atom stereocenters. The molecule has 1 heterocycles. The first-order valence-electron chi connectivity index (χ1n) is 8.94. The molecule has 3 aromatic rings. The Hall–Kier alpha value is -3.56. The van der Waals surface area contributed by atoms with Crippen LogP contribution in [0.15, 0.2) is 53.3 Å². The molecule has 0 aliphatic rings. The number of aryl methyl sites for hydroxylation is 2. The van der Waals surface area contributed by atoms with Crippen molar-refractivity contribution in [1.82, 2.24) is 9.13 Å². The third-order valence-electron chi connectivity index (χ3n) is 4.45. The fourth-order valence-corrected chi connectivity index (χ4v) is 2.94. The molecule has 1 aromatic heterocycles. The standard InChI is InChI=1S/C20H18F3N3O4/c1-25-15-4-2-3-5-16(15)26(19(25)29)11-10-18(28)30-12-17(27)24-14-8-6-13(7-9-14)20(21,22)23/h2-9H,10-12H2,1H3,(H,24,27). The van der Waals surface area contributed by atoms with Gasteiger partial charge in [0.2, 0.25) is 0 Å². The van der Waals surface area contributed by atoms with Crippen molar-refractivity contribution in [2.24, 2.45) is 7.05 Å². The maximum Gasteiger partial charge on any atom is 0.416 e. The highest BCUT2D eigenvalue weighted by Gasteiger charge is 2.30. The minimum atomic E-state index is -4.47. The molecule has 0 radical (unpaired) electrons. The van der Waals surface area contributed by atoms with Gasteiger partial charge in [-0.2, -0.15) is 13.2 Å². The number of nitrogens with zero attached hydrogens (tertiary/aromatic N) is 2. The van der Waals surface area contributed by atoms with Crippen LogP contribution in [0.4, 0.5) is 18.9 Å². The Morgan fingerprint density at radius 1 is 1.03 bits per heavy atom. The minimum Gasteiger partial charge on any atom is -0.456 e. The summed E-state index contributed by atoms with van der Waals surface area (Å²) in [4.78, 5) is 36.1. The Labute approximate surface area is 168 Å². The van der Waals surface area contributed by atoms with Crippen LogP contribution in [-0.2, 0) is 34.1 Å². The van der Waals surface area contributed by atoms with Crippen molar-refractivity contribution in [2.45, 2.75) is 19.1 Å². The first-order valence-corrected chi connectivity index (χ1v) is 8.94. The second-order valence-corrected chi connectivity index (χ2v) is 6.52. The summed E-state index contributed by atoms with van der Waals surface area (Å²) < 4.78 is 45.4. The second-order valence-electron chi connectivity index (χ2n) is 6.52. The van der Waals surface area contributed by atoms with E-state index in [0.29, 0.717) is 5.52 Å². The lowest BCUT2D eigenvalue weighted by molar-refractivity contribution is -0.147. The highest BCUT2D eigenvalue weighted by Crippen LogP contribution is 2.29. The molecule has 0 aliphatic heterocycles. The van der Waals surface area contributed by atoms with Gasteiger partial charge in [-0.25, -0.2) is 4.79 Å². The first kappa shape index (κ1) is 21.2. The summed E-state index contributed by atoms with van der Waals surface area (Å²) in [7, 11) is 1.63. The van der Waals surface area contributed by atoms with E-state index in [-0.39, 0.29) is 24.3 Å². The van der Waals surface area contributed by atoms with Crippen molar-refractivity contribution in [3.63, 3.8) is 0 Å². The fourth-order valence-electron chi connectivity index (χ4n) is 2.94. The number of benzene rings is 2. The molecule has 7 nitrogen and oxygen atoms in total. The number of fused-ring (bicyclic) bond motifs is 1. The number of carbonyl (C=O) groups is 2. The van der Waals surface area contributed by atoms with Crippen LogP contribution < -0.4 is 11.0 Å². The molecule has 158 valence electrons. The molecule has 1 N–H and O–H groups in total. The van der Waals surface area contributed by atoms with E-state index >= 15 is 0 Å². The lowest BCUT2D eigenvalue weighted by atomic mass is 10.2. The smallest absolute Gasteiger partial charge is 0.416 e. The van der Waals surface area contributed by atoms with Gasteiger partial charge in [-0.05, 0) is 36.4 Å². The fraction of sp³-hybridized carbons (Fsp3) is 0.250. The second kappa shape index (κ2) is 8.44. The number of halogens is 3. The van der Waals surface area contributed by atoms with Crippen molar-refractivity contribution in [1.29, 1.82) is 0 Å². The number of rotatable bonds is 6. The van der Waals surface area contributed by atoms with Crippen molar-refractivity contribution < 1.29 is 27.5 Å². The number of amides is 1. The molecule has 0 spiro atoms. The number of nitrogens with one attached hydrogen (secondary N) is 1. The Bertz CT molecular complexity index is 1130. The van der Waals surface area contributed by atoms with Gasteiger partial charge in [-0.3, -0.25) is 18.7 Å². The lowest BCUT2D eigenvalue weighted by Gasteiger charge is -2.09. The van der Waals surface area contributed by atoms with E-state index in [2.05, 4.69) is 5.32 Å². The number of hydrogen-bond donors (Lipinski definition) is 1. The third kappa shape index (κ3) is 4.70. The number of aromatic nitrogens is 2. The minimum absolute atomic E-state index is 0.0829. The van der Waals surface area contributed by atoms with Gasteiger partial charge < -0.3 is 10.1 Å². The van der Waals surface area contributed by atoms with Gasteiger partial charge in [0, 0.05) is 19.3 Å². The van der Waals surface area contributed by atoms with Crippen LogP contribution >= 0.6 is 0 Å². The van der Waals surface area contributed by atoms with Crippen LogP contribution in [0.25, 0.3) is 11.0 Å². The zero-order chi connectivity index (χ0) is 21.9. The van der Waals surface area contributed by atoms with Crippen LogP contribution in [0.2, 0.25) is 0 Å². The Balaban J connectivity index is 1.51. The summed E-state index contributed by atoms with van der Waals surface area (Å²) in [6.07, 6.45) is -4.59. The van der Waals surface area contributed by atoms with E-state index in [1.807, 2.05) is 0 Å². The predicted molar refractivity (Wildman–Crippen MR) is 103 cm³/mol. The molecule has 0 bridgehead atoms. The summed E-state index contributed by atoms with van der Waals surface area (Å²) in [5, 5.41) is 2.34. The molecule has 1 amide bonds. The van der Waals surface area contributed by atoms with Gasteiger partial charge in [0.05, 0.1) is 23.0 Å². The lowest BCUT2D eigenvalue weighted by Crippen LogP contribution is -2.25. The van der Waals surface area contributed by atoms with Gasteiger partial charge in [-0.15, -0.1) is 0 Å². The van der Waals surface area contributed by atoms with Gasteiger partial charge in [-0.1, -0.05) is 12.1 Å². The van der Waals surface area contributed by atoms with E-state index in [1.165, 1.54) is 9.13 Å². The average Bonchev–Trinajstić information content (AvgIpc) is 2.95. The van der Waals surface area contributed by atoms with Crippen molar-refractivity contribution in [2.75, 3.05) is 11.9 Å². The van der Waals surface area contributed by atoms with E-state index in [9.17, 15) is 27.6 Å². The molecule has 0 aliphatic carbocycles. The van der Waals surface area contributed by atoms with E-state index in [0.717, 1.165) is 29.8 Å². The maximum atomic E-state index is 12.5. The number of hydrogen-bond acceptors (Lipinski definition) is 4. The number of ether oxygens (including phenoxy) is 1. The Kier molecular flexibility index (Phi) is 5.95. The molecule has 3 rings (SSSR count). The van der Waals surface area contributed by atoms with Gasteiger partial charge >= 0.3 is 17.8 Å². The Morgan fingerprint density at radius 3 is 2.30 bits per heavy atom.